The van der Waals surface area contributed by atoms with Crippen LogP contribution in [0.15, 0.2) is 24.3 Å². The number of pyridine rings is 1. The van der Waals surface area contributed by atoms with Gasteiger partial charge in [0, 0.05) is 18.7 Å². The molecule has 3 aromatic rings. The smallest absolute Gasteiger partial charge is 0.296 e. The molecule has 0 unspecified atom stereocenters. The molecule has 0 radical (unpaired) electrons. The van der Waals surface area contributed by atoms with Crippen molar-refractivity contribution in [2.24, 2.45) is 0 Å². The summed E-state index contributed by atoms with van der Waals surface area (Å²) in [6, 6.07) is 5.50. The maximum absolute atomic E-state index is 13.9. The zero-order chi connectivity index (χ0) is 25.4. The first-order valence-corrected chi connectivity index (χ1v) is 12.0. The molecule has 4 heterocycles. The summed E-state index contributed by atoms with van der Waals surface area (Å²) >= 11 is 6.32. The molecule has 2 saturated heterocycles. The molecule has 5 rings (SSSR count). The van der Waals surface area contributed by atoms with Crippen LogP contribution in [0.2, 0.25) is 5.02 Å². The number of aromatic nitrogens is 3. The van der Waals surface area contributed by atoms with Gasteiger partial charge in [0.15, 0.2) is 11.8 Å². The molecule has 2 aromatic heterocycles. The number of anilines is 1. The molecule has 2 aliphatic heterocycles. The second-order valence-corrected chi connectivity index (χ2v) is 9.92. The summed E-state index contributed by atoms with van der Waals surface area (Å²) in [5.41, 5.74) is -0.0613. The fraction of sp³-hybridized carbons (Fsp3) is 0.500. The number of hydrogen-bond acceptors (Lipinski definition) is 8. The number of ether oxygens (including phenoxy) is 4. The van der Waals surface area contributed by atoms with Crippen molar-refractivity contribution in [1.29, 1.82) is 0 Å². The van der Waals surface area contributed by atoms with Crippen LogP contribution in [-0.4, -0.2) is 69.9 Å². The minimum absolute atomic E-state index is 0.115. The number of halogens is 3. The summed E-state index contributed by atoms with van der Waals surface area (Å²) in [7, 11) is 0. The quantitative estimate of drug-likeness (QED) is 0.389. The summed E-state index contributed by atoms with van der Waals surface area (Å²) in [5, 5.41) is 13.0. The number of imidazole rings is 1. The van der Waals surface area contributed by atoms with Crippen LogP contribution in [0.4, 0.5) is 14.6 Å². The third kappa shape index (κ3) is 5.40. The number of hydrogen-bond donors (Lipinski definition) is 3. The summed E-state index contributed by atoms with van der Waals surface area (Å²) in [6.45, 7) is 4.40. The van der Waals surface area contributed by atoms with Crippen molar-refractivity contribution in [2.45, 2.75) is 56.8 Å². The topological polar surface area (TPSA) is 111 Å². The molecular formula is C24H27ClF2N4O5. The highest BCUT2D eigenvalue weighted by molar-refractivity contribution is 6.33. The number of aromatic amines is 1. The Morgan fingerprint density at radius 3 is 2.58 bits per heavy atom. The van der Waals surface area contributed by atoms with E-state index in [0.29, 0.717) is 37.4 Å². The van der Waals surface area contributed by atoms with Crippen LogP contribution < -0.4 is 10.1 Å². The van der Waals surface area contributed by atoms with Crippen LogP contribution >= 0.6 is 11.6 Å². The molecule has 3 N–H and O–H groups in total. The zero-order valence-corrected chi connectivity index (χ0v) is 20.5. The summed E-state index contributed by atoms with van der Waals surface area (Å²) in [4.78, 5) is 11.8. The Hall–Kier alpha value is -2.57. The molecule has 2 aliphatic rings. The van der Waals surface area contributed by atoms with Crippen molar-refractivity contribution in [3.63, 3.8) is 0 Å². The number of nitrogens with one attached hydrogen (secondary N) is 2. The number of aliphatic hydroxyl groups is 1. The van der Waals surface area contributed by atoms with Crippen molar-refractivity contribution < 1.29 is 32.8 Å². The normalized spacial score (nSPS) is 23.8. The van der Waals surface area contributed by atoms with Gasteiger partial charge >= 0.3 is 0 Å². The number of rotatable bonds is 9. The van der Waals surface area contributed by atoms with Gasteiger partial charge in [0.25, 0.3) is 6.01 Å². The zero-order valence-electron chi connectivity index (χ0n) is 19.8. The van der Waals surface area contributed by atoms with Crippen molar-refractivity contribution >= 4 is 28.6 Å². The first-order chi connectivity index (χ1) is 17.2. The van der Waals surface area contributed by atoms with E-state index in [4.69, 9.17) is 30.5 Å². The standard InChI is InChI=1S/C24H27ClF2N4O5/c1-24(2,32)6-7-33-17-10-34-20-18(11-35-19(17)20)36-23-29-16-8-13(25)21(30-22(16)31-23)28-9-12-14(26)4-3-5-15(12)27/h3-5,8,17-20,32H,6-7,9-11H2,1-2H3,(H2,28,29,30,31)/t17-,18-,19-,20-/m1/s1. The van der Waals surface area contributed by atoms with E-state index in [1.807, 2.05) is 0 Å². The third-order valence-corrected chi connectivity index (χ3v) is 6.46. The minimum Gasteiger partial charge on any atom is -0.456 e. The van der Waals surface area contributed by atoms with Gasteiger partial charge in [-0.2, -0.15) is 4.98 Å². The molecule has 0 spiro atoms. The van der Waals surface area contributed by atoms with Gasteiger partial charge < -0.3 is 34.4 Å². The monoisotopic (exact) mass is 524 g/mol. The second kappa shape index (κ2) is 10.1. The van der Waals surface area contributed by atoms with Gasteiger partial charge in [-0.3, -0.25) is 0 Å². The van der Waals surface area contributed by atoms with E-state index in [1.54, 1.807) is 19.9 Å². The van der Waals surface area contributed by atoms with Crippen LogP contribution in [0.1, 0.15) is 25.8 Å². The van der Waals surface area contributed by atoms with Crippen LogP contribution in [0.5, 0.6) is 6.01 Å². The predicted molar refractivity (Wildman–Crippen MR) is 127 cm³/mol. The molecule has 2 fully saturated rings. The van der Waals surface area contributed by atoms with Crippen molar-refractivity contribution in [3.8, 4) is 6.01 Å². The lowest BCUT2D eigenvalue weighted by Gasteiger charge is -2.20. The highest BCUT2D eigenvalue weighted by atomic mass is 35.5. The molecule has 194 valence electrons. The lowest BCUT2D eigenvalue weighted by molar-refractivity contribution is -0.0525. The molecule has 1 aromatic carbocycles. The molecule has 0 bridgehead atoms. The molecule has 0 saturated carbocycles. The van der Waals surface area contributed by atoms with Gasteiger partial charge in [-0.05, 0) is 38.5 Å². The second-order valence-electron chi connectivity index (χ2n) is 9.51. The first-order valence-electron chi connectivity index (χ1n) is 11.6. The summed E-state index contributed by atoms with van der Waals surface area (Å²) in [5.74, 6) is -1.09. The van der Waals surface area contributed by atoms with Crippen LogP contribution in [-0.2, 0) is 20.8 Å². The Balaban J connectivity index is 1.22. The molecule has 0 amide bonds. The van der Waals surface area contributed by atoms with Gasteiger partial charge in [-0.1, -0.05) is 17.7 Å². The summed E-state index contributed by atoms with van der Waals surface area (Å²) in [6.07, 6.45) is -0.745. The summed E-state index contributed by atoms with van der Waals surface area (Å²) < 4.78 is 51.5. The van der Waals surface area contributed by atoms with E-state index in [0.717, 1.165) is 0 Å². The predicted octanol–water partition coefficient (Wildman–Crippen LogP) is 3.59. The SMILES string of the molecule is CC(C)(O)CCO[C@@H]1CO[C@H]2[C@@H]1OC[C@H]2Oc1nc2nc(NCc3c(F)cccc3F)c(Cl)cc2[nH]1. The van der Waals surface area contributed by atoms with E-state index >= 15 is 0 Å². The Bertz CT molecular complexity index is 1220. The largest absolute Gasteiger partial charge is 0.456 e. The first kappa shape index (κ1) is 25.1. The highest BCUT2D eigenvalue weighted by Crippen LogP contribution is 2.32. The maximum Gasteiger partial charge on any atom is 0.296 e. The highest BCUT2D eigenvalue weighted by Gasteiger charge is 2.50. The van der Waals surface area contributed by atoms with Crippen LogP contribution in [0, 0.1) is 11.6 Å². The van der Waals surface area contributed by atoms with Crippen molar-refractivity contribution in [2.75, 3.05) is 25.1 Å². The molecule has 9 nitrogen and oxygen atoms in total. The number of fused-ring (bicyclic) bond motifs is 2. The van der Waals surface area contributed by atoms with Gasteiger partial charge in [0.1, 0.15) is 35.8 Å². The van der Waals surface area contributed by atoms with Crippen LogP contribution in [0.25, 0.3) is 11.2 Å². The molecule has 12 heteroatoms. The number of benzene rings is 1. The fourth-order valence-electron chi connectivity index (χ4n) is 4.23. The third-order valence-electron chi connectivity index (χ3n) is 6.17. The molecular weight excluding hydrogens is 498 g/mol. The molecule has 4 atom stereocenters. The van der Waals surface area contributed by atoms with Crippen molar-refractivity contribution in [1.82, 2.24) is 15.0 Å². The lowest BCUT2D eigenvalue weighted by Crippen LogP contribution is -2.36. The lowest BCUT2D eigenvalue weighted by atomic mass is 10.1. The Labute approximate surface area is 211 Å². The van der Waals surface area contributed by atoms with E-state index in [2.05, 4.69) is 20.3 Å². The average Bonchev–Trinajstić information content (AvgIpc) is 3.49. The van der Waals surface area contributed by atoms with Gasteiger partial charge in [0.05, 0.1) is 29.4 Å². The molecule has 36 heavy (non-hydrogen) atoms. The van der Waals surface area contributed by atoms with Gasteiger partial charge in [-0.25, -0.2) is 13.8 Å². The van der Waals surface area contributed by atoms with Crippen molar-refractivity contribution in [3.05, 3.63) is 46.5 Å². The van der Waals surface area contributed by atoms with E-state index in [-0.39, 0.29) is 47.3 Å². The maximum atomic E-state index is 13.9. The minimum atomic E-state index is -0.803. The Morgan fingerprint density at radius 2 is 1.86 bits per heavy atom. The van der Waals surface area contributed by atoms with Gasteiger partial charge in [0.2, 0.25) is 0 Å². The average molecular weight is 525 g/mol. The number of H-pyrrole nitrogens is 1. The van der Waals surface area contributed by atoms with E-state index in [9.17, 15) is 13.9 Å². The Kier molecular flexibility index (Phi) is 7.01. The number of nitrogens with zero attached hydrogens (tertiary/aromatic N) is 2. The fourth-order valence-corrected chi connectivity index (χ4v) is 4.44. The Morgan fingerprint density at radius 1 is 1.17 bits per heavy atom. The molecule has 0 aliphatic carbocycles. The van der Waals surface area contributed by atoms with E-state index in [1.165, 1.54) is 18.2 Å². The van der Waals surface area contributed by atoms with Gasteiger partial charge in [-0.15, -0.1) is 0 Å². The van der Waals surface area contributed by atoms with Crippen LogP contribution in [0.3, 0.4) is 0 Å². The van der Waals surface area contributed by atoms with E-state index < -0.39 is 23.3 Å².